The number of carbonyl (C=O) groups excluding carboxylic acids is 3. The van der Waals surface area contributed by atoms with E-state index >= 15 is 0 Å². The molecule has 10 nitrogen and oxygen atoms in total. The number of aryl methyl sites for hydroxylation is 1. The molecule has 1 aliphatic rings. The van der Waals surface area contributed by atoms with Crippen molar-refractivity contribution in [1.29, 1.82) is 0 Å². The third-order valence-corrected chi connectivity index (χ3v) is 6.77. The molecule has 0 unspecified atom stereocenters. The first-order chi connectivity index (χ1) is 17.8. The predicted molar refractivity (Wildman–Crippen MR) is 141 cm³/mol. The summed E-state index contributed by atoms with van der Waals surface area (Å²) in [5.74, 6) is 0.361. The zero-order valence-corrected chi connectivity index (χ0v) is 21.9. The Bertz CT molecular complexity index is 1520. The second-order valence-corrected chi connectivity index (χ2v) is 9.71. The van der Waals surface area contributed by atoms with Crippen molar-refractivity contribution in [2.45, 2.75) is 39.3 Å². The molecule has 1 saturated heterocycles. The number of nitrogens with one attached hydrogen (secondary N) is 1. The molecule has 1 N–H and O–H groups in total. The van der Waals surface area contributed by atoms with E-state index in [4.69, 9.17) is 0 Å². The van der Waals surface area contributed by atoms with Crippen LogP contribution in [0, 0.1) is 6.92 Å². The van der Waals surface area contributed by atoms with Gasteiger partial charge in [0.15, 0.2) is 5.78 Å². The molecule has 2 amide bonds. The third-order valence-electron chi connectivity index (χ3n) is 6.33. The third kappa shape index (κ3) is 5.12. The second-order valence-electron chi connectivity index (χ2n) is 8.89. The quantitative estimate of drug-likeness (QED) is 0.280. The molecule has 4 aromatic rings. The topological polar surface area (TPSA) is 123 Å². The highest BCUT2D eigenvalue weighted by Crippen LogP contribution is 2.27. The molecule has 0 radical (unpaired) electrons. The fourth-order valence-corrected chi connectivity index (χ4v) is 4.87. The van der Waals surface area contributed by atoms with Gasteiger partial charge in [-0.1, -0.05) is 12.1 Å². The van der Waals surface area contributed by atoms with E-state index in [1.165, 1.54) is 11.6 Å². The average molecular weight is 562 g/mol. The van der Waals surface area contributed by atoms with Gasteiger partial charge >= 0.3 is 0 Å². The molecule has 1 aliphatic heterocycles. The van der Waals surface area contributed by atoms with Crippen LogP contribution in [0.5, 0.6) is 0 Å². The number of hydrogen-bond acceptors (Lipinski definition) is 7. The summed E-state index contributed by atoms with van der Waals surface area (Å²) < 4.78 is 2.14. The van der Waals surface area contributed by atoms with Crippen molar-refractivity contribution >= 4 is 50.2 Å². The van der Waals surface area contributed by atoms with Crippen molar-refractivity contribution in [1.82, 2.24) is 29.6 Å². The van der Waals surface area contributed by atoms with Crippen LogP contribution in [0.4, 0.5) is 5.82 Å². The highest BCUT2D eigenvalue weighted by molar-refractivity contribution is 9.10. The van der Waals surface area contributed by atoms with E-state index in [1.54, 1.807) is 35.5 Å². The molecular weight excluding hydrogens is 538 g/mol. The van der Waals surface area contributed by atoms with Gasteiger partial charge < -0.3 is 10.2 Å². The van der Waals surface area contributed by atoms with Crippen LogP contribution in [0.3, 0.4) is 0 Å². The number of anilines is 1. The molecule has 0 saturated carbocycles. The number of Topliss-reactive ketones (excluding diaryl/α,β-unsaturated/α-hetero) is 1. The highest BCUT2D eigenvalue weighted by atomic mass is 79.9. The Hall–Kier alpha value is -3.99. The molecule has 0 bridgehead atoms. The van der Waals surface area contributed by atoms with Gasteiger partial charge in [0.05, 0.1) is 5.52 Å². The number of carbonyl (C=O) groups is 3. The Morgan fingerprint density at radius 3 is 2.62 bits per heavy atom. The van der Waals surface area contributed by atoms with Gasteiger partial charge in [0, 0.05) is 36.8 Å². The number of benzene rings is 1. The van der Waals surface area contributed by atoms with E-state index in [0.717, 1.165) is 17.5 Å². The molecule has 3 aromatic heterocycles. The number of nitrogens with zero attached hydrogens (tertiary/aromatic N) is 6. The van der Waals surface area contributed by atoms with Gasteiger partial charge in [-0.05, 0) is 65.5 Å². The first-order valence-corrected chi connectivity index (χ1v) is 12.6. The van der Waals surface area contributed by atoms with Gasteiger partial charge in [0.1, 0.15) is 34.5 Å². The normalized spacial score (nSPS) is 15.2. The standard InChI is InChI=1S/C26H24BrN7O3/c1-15(35)25-19-11-17(18-12-28-16(2)29-13-18)8-9-20(19)34(32-25)14-24(36)33-10-4-5-21(33)26(37)31-23-7-3-6-22(27)30-23/h3,6-9,11-13,21H,4-5,10,14H2,1-2H3,(H,30,31,37)/t21-/m0/s1. The SMILES string of the molecule is CC(=O)c1nn(CC(=O)N2CCC[C@H]2C(=O)Nc2cccc(Br)n2)c2ccc(-c3cnc(C)nc3)cc12. The molecule has 37 heavy (non-hydrogen) atoms. The zero-order chi connectivity index (χ0) is 26.1. The Kier molecular flexibility index (Phi) is 6.79. The summed E-state index contributed by atoms with van der Waals surface area (Å²) in [6, 6.07) is 10.2. The minimum absolute atomic E-state index is 0.0876. The largest absolute Gasteiger partial charge is 0.329 e. The highest BCUT2D eigenvalue weighted by Gasteiger charge is 2.34. The number of pyridine rings is 1. The zero-order valence-electron chi connectivity index (χ0n) is 20.3. The maximum absolute atomic E-state index is 13.3. The van der Waals surface area contributed by atoms with Crippen molar-refractivity contribution in [3.8, 4) is 11.1 Å². The van der Waals surface area contributed by atoms with Crippen molar-refractivity contribution < 1.29 is 14.4 Å². The van der Waals surface area contributed by atoms with Gasteiger partial charge in [-0.15, -0.1) is 0 Å². The predicted octanol–water partition coefficient (Wildman–Crippen LogP) is 3.79. The maximum atomic E-state index is 13.3. The van der Waals surface area contributed by atoms with Crippen LogP contribution >= 0.6 is 15.9 Å². The van der Waals surface area contributed by atoms with Crippen LogP contribution < -0.4 is 5.32 Å². The Morgan fingerprint density at radius 1 is 1.11 bits per heavy atom. The van der Waals surface area contributed by atoms with Crippen LogP contribution in [0.2, 0.25) is 0 Å². The second kappa shape index (κ2) is 10.2. The number of aromatic nitrogens is 5. The van der Waals surface area contributed by atoms with Crippen molar-refractivity contribution in [2.75, 3.05) is 11.9 Å². The molecule has 1 atom stereocenters. The number of halogens is 1. The molecular formula is C26H24BrN7O3. The summed E-state index contributed by atoms with van der Waals surface area (Å²) in [5, 5.41) is 7.91. The summed E-state index contributed by atoms with van der Waals surface area (Å²) in [5.41, 5.74) is 2.61. The monoisotopic (exact) mass is 561 g/mol. The van der Waals surface area contributed by atoms with E-state index in [-0.39, 0.29) is 29.8 Å². The van der Waals surface area contributed by atoms with Crippen LogP contribution in [-0.2, 0) is 16.1 Å². The molecule has 4 heterocycles. The molecule has 1 aromatic carbocycles. The number of rotatable bonds is 6. The minimum Gasteiger partial charge on any atom is -0.329 e. The van der Waals surface area contributed by atoms with Gasteiger partial charge in [-0.25, -0.2) is 15.0 Å². The fraction of sp³-hybridized carbons (Fsp3) is 0.269. The molecule has 188 valence electrons. The lowest BCUT2D eigenvalue weighted by Crippen LogP contribution is -2.44. The van der Waals surface area contributed by atoms with Gasteiger partial charge in [0.25, 0.3) is 0 Å². The number of ketones is 1. The smallest absolute Gasteiger partial charge is 0.248 e. The van der Waals surface area contributed by atoms with Crippen molar-refractivity contribution in [3.63, 3.8) is 0 Å². The molecule has 0 spiro atoms. The van der Waals surface area contributed by atoms with Crippen LogP contribution in [0.1, 0.15) is 36.1 Å². The van der Waals surface area contributed by atoms with E-state index in [9.17, 15) is 14.4 Å². The molecule has 0 aliphatic carbocycles. The van der Waals surface area contributed by atoms with E-state index in [1.807, 2.05) is 25.1 Å². The summed E-state index contributed by atoms with van der Waals surface area (Å²) in [4.78, 5) is 53.0. The number of hydrogen-bond donors (Lipinski definition) is 1. The maximum Gasteiger partial charge on any atom is 0.248 e. The van der Waals surface area contributed by atoms with Crippen molar-refractivity contribution in [3.05, 3.63) is 64.9 Å². The summed E-state index contributed by atoms with van der Waals surface area (Å²) in [6.07, 6.45) is 4.74. The molecule has 1 fully saturated rings. The fourth-order valence-electron chi connectivity index (χ4n) is 4.53. The first kappa shape index (κ1) is 24.7. The van der Waals surface area contributed by atoms with Crippen LogP contribution in [0.15, 0.2) is 53.4 Å². The average Bonchev–Trinajstić information content (AvgIpc) is 3.50. The summed E-state index contributed by atoms with van der Waals surface area (Å²) >= 11 is 3.29. The lowest BCUT2D eigenvalue weighted by Gasteiger charge is -2.24. The van der Waals surface area contributed by atoms with Crippen LogP contribution in [-0.4, -0.2) is 59.8 Å². The lowest BCUT2D eigenvalue weighted by atomic mass is 10.0. The Balaban J connectivity index is 1.39. The summed E-state index contributed by atoms with van der Waals surface area (Å²) in [7, 11) is 0. The summed E-state index contributed by atoms with van der Waals surface area (Å²) in [6.45, 7) is 3.65. The van der Waals surface area contributed by atoms with E-state index in [0.29, 0.717) is 40.1 Å². The van der Waals surface area contributed by atoms with Gasteiger partial charge in [0.2, 0.25) is 11.8 Å². The van der Waals surface area contributed by atoms with E-state index in [2.05, 4.69) is 41.3 Å². The van der Waals surface area contributed by atoms with Gasteiger partial charge in [-0.2, -0.15) is 5.10 Å². The van der Waals surface area contributed by atoms with Crippen LogP contribution in [0.25, 0.3) is 22.0 Å². The van der Waals surface area contributed by atoms with Gasteiger partial charge in [-0.3, -0.25) is 19.1 Å². The first-order valence-electron chi connectivity index (χ1n) is 11.8. The minimum atomic E-state index is -0.601. The number of fused-ring (bicyclic) bond motifs is 1. The Labute approximate surface area is 221 Å². The molecule has 5 rings (SSSR count). The lowest BCUT2D eigenvalue weighted by molar-refractivity contribution is -0.137. The van der Waals surface area contributed by atoms with Crippen molar-refractivity contribution in [2.24, 2.45) is 0 Å². The number of amides is 2. The van der Waals surface area contributed by atoms with E-state index < -0.39 is 6.04 Å². The Morgan fingerprint density at radius 2 is 1.89 bits per heavy atom. The molecule has 11 heteroatoms. The number of likely N-dealkylation sites (tertiary alicyclic amines) is 1.